The molecule has 2 aromatic rings. The summed E-state index contributed by atoms with van der Waals surface area (Å²) < 4.78 is 28.6. The highest BCUT2D eigenvalue weighted by Gasteiger charge is 2.46. The first-order valence-corrected chi connectivity index (χ1v) is 12.2. The van der Waals surface area contributed by atoms with E-state index in [-0.39, 0.29) is 6.61 Å². The van der Waals surface area contributed by atoms with Crippen LogP contribution in [0.2, 0.25) is 10.0 Å². The van der Waals surface area contributed by atoms with Crippen LogP contribution >= 0.6 is 23.2 Å². The van der Waals surface area contributed by atoms with Crippen LogP contribution in [0.15, 0.2) is 48.5 Å². The molecule has 2 atom stereocenters. The summed E-state index contributed by atoms with van der Waals surface area (Å²) in [6.45, 7) is 3.31. The van der Waals surface area contributed by atoms with Crippen LogP contribution in [0, 0.1) is 0 Å². The standard InChI is InChI=1S/C21H25Cl2N3O3S/c1-24-21(17-7-8-18(22)19(23)13-17)20(15-29-24)30(27,28)26-11-9-25(10-12-26)14-16-5-3-2-4-6-16/h2-8,13,20-21H,9-12,14-15H2,1H3. The van der Waals surface area contributed by atoms with E-state index in [1.165, 1.54) is 5.56 Å². The van der Waals surface area contributed by atoms with E-state index in [0.717, 1.165) is 12.1 Å². The molecule has 2 aliphatic rings. The molecule has 162 valence electrons. The molecule has 0 saturated carbocycles. The number of nitrogens with zero attached hydrogens (tertiary/aromatic N) is 3. The fourth-order valence-electron chi connectivity index (χ4n) is 4.14. The molecule has 2 aromatic carbocycles. The van der Waals surface area contributed by atoms with Gasteiger partial charge in [0.25, 0.3) is 0 Å². The lowest BCUT2D eigenvalue weighted by molar-refractivity contribution is -0.110. The first kappa shape index (κ1) is 22.0. The maximum Gasteiger partial charge on any atom is 0.221 e. The molecule has 4 rings (SSSR count). The number of hydrogen-bond acceptors (Lipinski definition) is 5. The van der Waals surface area contributed by atoms with Gasteiger partial charge in [-0.15, -0.1) is 0 Å². The molecule has 2 unspecified atom stereocenters. The summed E-state index contributed by atoms with van der Waals surface area (Å²) >= 11 is 12.2. The van der Waals surface area contributed by atoms with Gasteiger partial charge in [0.05, 0.1) is 22.7 Å². The molecular weight excluding hydrogens is 445 g/mol. The van der Waals surface area contributed by atoms with Crippen molar-refractivity contribution in [2.45, 2.75) is 17.8 Å². The van der Waals surface area contributed by atoms with Crippen LogP contribution in [0.25, 0.3) is 0 Å². The van der Waals surface area contributed by atoms with Gasteiger partial charge in [0.1, 0.15) is 5.25 Å². The summed E-state index contributed by atoms with van der Waals surface area (Å²) in [7, 11) is -1.80. The molecule has 2 fully saturated rings. The van der Waals surface area contributed by atoms with Crippen LogP contribution < -0.4 is 0 Å². The van der Waals surface area contributed by atoms with E-state index in [1.807, 2.05) is 24.3 Å². The molecule has 0 radical (unpaired) electrons. The normalized spacial score (nSPS) is 24.4. The maximum atomic E-state index is 13.5. The van der Waals surface area contributed by atoms with Crippen molar-refractivity contribution in [3.8, 4) is 0 Å². The van der Waals surface area contributed by atoms with Crippen molar-refractivity contribution >= 4 is 33.2 Å². The molecule has 0 aromatic heterocycles. The molecular formula is C21H25Cl2N3O3S. The average molecular weight is 470 g/mol. The van der Waals surface area contributed by atoms with E-state index >= 15 is 0 Å². The van der Waals surface area contributed by atoms with Gasteiger partial charge in [-0.05, 0) is 23.3 Å². The number of halogens is 2. The fourth-order valence-corrected chi connectivity index (χ4v) is 6.39. The zero-order chi connectivity index (χ0) is 21.3. The van der Waals surface area contributed by atoms with Crippen molar-refractivity contribution in [1.29, 1.82) is 0 Å². The highest BCUT2D eigenvalue weighted by atomic mass is 35.5. The van der Waals surface area contributed by atoms with Crippen LogP contribution in [0.4, 0.5) is 0 Å². The monoisotopic (exact) mass is 469 g/mol. The lowest BCUT2D eigenvalue weighted by Gasteiger charge is -2.36. The quantitative estimate of drug-likeness (QED) is 0.671. The summed E-state index contributed by atoms with van der Waals surface area (Å²) in [5.74, 6) is 0. The van der Waals surface area contributed by atoms with Gasteiger partial charge in [-0.25, -0.2) is 8.42 Å². The highest BCUT2D eigenvalue weighted by molar-refractivity contribution is 7.89. The van der Waals surface area contributed by atoms with E-state index in [9.17, 15) is 8.42 Å². The van der Waals surface area contributed by atoms with Crippen LogP contribution in [-0.2, 0) is 21.4 Å². The first-order chi connectivity index (χ1) is 14.4. The van der Waals surface area contributed by atoms with E-state index in [1.54, 1.807) is 28.5 Å². The van der Waals surface area contributed by atoms with Crippen molar-refractivity contribution < 1.29 is 13.3 Å². The second-order valence-corrected chi connectivity index (χ2v) is 10.7. The van der Waals surface area contributed by atoms with Crippen molar-refractivity contribution in [3.63, 3.8) is 0 Å². The molecule has 30 heavy (non-hydrogen) atoms. The Morgan fingerprint density at radius 2 is 1.70 bits per heavy atom. The second kappa shape index (κ2) is 9.12. The predicted molar refractivity (Wildman–Crippen MR) is 119 cm³/mol. The number of sulfonamides is 1. The summed E-state index contributed by atoms with van der Waals surface area (Å²) in [5, 5.41) is 1.75. The lowest BCUT2D eigenvalue weighted by atomic mass is 10.0. The SMILES string of the molecule is CN1OCC(S(=O)(=O)N2CCN(Cc3ccccc3)CC2)C1c1ccc(Cl)c(Cl)c1. The molecule has 0 aliphatic carbocycles. The minimum Gasteiger partial charge on any atom is -0.297 e. The van der Waals surface area contributed by atoms with Gasteiger partial charge in [-0.1, -0.05) is 59.6 Å². The zero-order valence-corrected chi connectivity index (χ0v) is 19.1. The third-order valence-corrected chi connectivity index (χ3v) is 8.78. The Bertz CT molecular complexity index is 982. The third kappa shape index (κ3) is 4.53. The average Bonchev–Trinajstić information content (AvgIpc) is 3.13. The lowest BCUT2D eigenvalue weighted by Crippen LogP contribution is -2.51. The Morgan fingerprint density at radius 3 is 2.37 bits per heavy atom. The zero-order valence-electron chi connectivity index (χ0n) is 16.7. The molecule has 2 saturated heterocycles. The molecule has 6 nitrogen and oxygen atoms in total. The number of benzene rings is 2. The van der Waals surface area contributed by atoms with Gasteiger partial charge in [-0.2, -0.15) is 9.37 Å². The second-order valence-electron chi connectivity index (χ2n) is 7.70. The smallest absolute Gasteiger partial charge is 0.221 e. The molecule has 9 heteroatoms. The summed E-state index contributed by atoms with van der Waals surface area (Å²) in [5.41, 5.74) is 2.01. The van der Waals surface area contributed by atoms with Crippen LogP contribution in [-0.4, -0.2) is 67.8 Å². The van der Waals surface area contributed by atoms with Crippen LogP contribution in [0.1, 0.15) is 17.2 Å². The van der Waals surface area contributed by atoms with E-state index in [0.29, 0.717) is 36.2 Å². The number of piperazine rings is 1. The van der Waals surface area contributed by atoms with E-state index in [4.69, 9.17) is 28.0 Å². The summed E-state index contributed by atoms with van der Waals surface area (Å²) in [6.07, 6.45) is 0. The maximum absolute atomic E-state index is 13.5. The molecule has 0 N–H and O–H groups in total. The van der Waals surface area contributed by atoms with Crippen molar-refractivity contribution in [3.05, 3.63) is 69.7 Å². The molecule has 0 spiro atoms. The van der Waals surface area contributed by atoms with Crippen LogP contribution in [0.3, 0.4) is 0 Å². The predicted octanol–water partition coefficient (Wildman–Crippen LogP) is 3.43. The van der Waals surface area contributed by atoms with Crippen LogP contribution in [0.5, 0.6) is 0 Å². The number of hydroxylamine groups is 2. The largest absolute Gasteiger partial charge is 0.297 e. The Kier molecular flexibility index (Phi) is 6.70. The van der Waals surface area contributed by atoms with E-state index in [2.05, 4.69) is 17.0 Å². The van der Waals surface area contributed by atoms with Gasteiger partial charge in [0.2, 0.25) is 10.0 Å². The summed E-state index contributed by atoms with van der Waals surface area (Å²) in [6, 6.07) is 15.0. The van der Waals surface area contributed by atoms with Gasteiger partial charge >= 0.3 is 0 Å². The minimum atomic E-state index is -3.55. The van der Waals surface area contributed by atoms with Gasteiger partial charge in [0, 0.05) is 39.8 Å². The van der Waals surface area contributed by atoms with Gasteiger partial charge in [-0.3, -0.25) is 9.74 Å². The molecule has 0 bridgehead atoms. The number of hydrogen-bond donors (Lipinski definition) is 0. The topological polar surface area (TPSA) is 53.1 Å². The fraction of sp³-hybridized carbons (Fsp3) is 0.429. The molecule has 2 heterocycles. The highest BCUT2D eigenvalue weighted by Crippen LogP contribution is 2.37. The molecule has 2 aliphatic heterocycles. The van der Waals surface area contributed by atoms with E-state index < -0.39 is 21.3 Å². The summed E-state index contributed by atoms with van der Waals surface area (Å²) in [4.78, 5) is 7.91. The van der Waals surface area contributed by atoms with Crippen molar-refractivity contribution in [2.24, 2.45) is 0 Å². The third-order valence-electron chi connectivity index (χ3n) is 5.79. The van der Waals surface area contributed by atoms with Crippen molar-refractivity contribution in [1.82, 2.24) is 14.3 Å². The van der Waals surface area contributed by atoms with Gasteiger partial charge in [0.15, 0.2) is 0 Å². The van der Waals surface area contributed by atoms with Crippen molar-refractivity contribution in [2.75, 3.05) is 39.8 Å². The Balaban J connectivity index is 1.46. The Hall–Kier alpha value is -1.19. The minimum absolute atomic E-state index is 0.119. The number of rotatable bonds is 5. The first-order valence-electron chi connectivity index (χ1n) is 9.92. The Morgan fingerprint density at radius 1 is 1.00 bits per heavy atom. The molecule has 0 amide bonds. The van der Waals surface area contributed by atoms with Gasteiger partial charge < -0.3 is 0 Å². The Labute approximate surface area is 187 Å².